The molecule has 3 aromatic rings. The second-order valence-electron chi connectivity index (χ2n) is 5.87. The summed E-state index contributed by atoms with van der Waals surface area (Å²) >= 11 is 1.16. The van der Waals surface area contributed by atoms with E-state index in [4.69, 9.17) is 0 Å². The van der Waals surface area contributed by atoms with Crippen LogP contribution in [0.3, 0.4) is 0 Å². The molecule has 27 heavy (non-hydrogen) atoms. The number of aromatic nitrogens is 1. The van der Waals surface area contributed by atoms with E-state index in [1.807, 2.05) is 0 Å². The number of thiazole rings is 1. The molecule has 5 nitrogen and oxygen atoms in total. The number of Topliss-reactive ketones (excluding diaryl/α,β-unsaturated/α-hetero) is 1. The minimum Gasteiger partial charge on any atom is -0.503 e. The predicted octanol–water partition coefficient (Wildman–Crippen LogP) is 4.07. The SMILES string of the molecule is O=C(C1=C(O)C(=O)N(c2nccs2)C1c1ccccc1F)c1ccccc1. The van der Waals surface area contributed by atoms with E-state index < -0.39 is 29.3 Å². The molecule has 0 bridgehead atoms. The fraction of sp³-hybridized carbons (Fsp3) is 0.0500. The van der Waals surface area contributed by atoms with E-state index in [1.54, 1.807) is 41.8 Å². The smallest absolute Gasteiger partial charge is 0.296 e. The fourth-order valence-electron chi connectivity index (χ4n) is 3.11. The van der Waals surface area contributed by atoms with Crippen LogP contribution in [-0.2, 0) is 4.79 Å². The summed E-state index contributed by atoms with van der Waals surface area (Å²) in [7, 11) is 0. The van der Waals surface area contributed by atoms with Crippen LogP contribution in [0.1, 0.15) is 22.0 Å². The Kier molecular flexibility index (Phi) is 4.29. The average molecular weight is 380 g/mol. The first kappa shape index (κ1) is 17.1. The van der Waals surface area contributed by atoms with Gasteiger partial charge in [-0.15, -0.1) is 11.3 Å². The first-order valence-corrected chi connectivity index (χ1v) is 8.98. The molecule has 0 spiro atoms. The molecule has 2 aromatic carbocycles. The number of carbonyl (C=O) groups is 2. The molecular formula is C20H13FN2O3S. The summed E-state index contributed by atoms with van der Waals surface area (Å²) in [6, 6.07) is 13.0. The number of hydrogen-bond donors (Lipinski definition) is 1. The molecule has 1 aliphatic rings. The third kappa shape index (κ3) is 2.82. The zero-order valence-electron chi connectivity index (χ0n) is 13.9. The van der Waals surface area contributed by atoms with Crippen molar-refractivity contribution >= 4 is 28.2 Å². The van der Waals surface area contributed by atoms with Gasteiger partial charge < -0.3 is 5.11 Å². The van der Waals surface area contributed by atoms with Gasteiger partial charge in [0.1, 0.15) is 11.9 Å². The van der Waals surface area contributed by atoms with Crippen molar-refractivity contribution in [1.29, 1.82) is 0 Å². The molecule has 1 unspecified atom stereocenters. The van der Waals surface area contributed by atoms with E-state index in [-0.39, 0.29) is 16.3 Å². The highest BCUT2D eigenvalue weighted by atomic mass is 32.1. The highest BCUT2D eigenvalue weighted by Crippen LogP contribution is 2.43. The second-order valence-corrected chi connectivity index (χ2v) is 6.74. The van der Waals surface area contributed by atoms with E-state index in [9.17, 15) is 19.1 Å². The standard InChI is InChI=1S/C20H13FN2O3S/c21-14-9-5-4-8-13(14)16-15(17(24)12-6-2-1-3-7-12)18(25)19(26)23(16)20-22-10-11-27-20/h1-11,16,25H. The molecule has 7 heteroatoms. The Hall–Kier alpha value is -3.32. The first-order valence-electron chi connectivity index (χ1n) is 8.10. The molecule has 1 atom stereocenters. The van der Waals surface area contributed by atoms with Crippen LogP contribution >= 0.6 is 11.3 Å². The number of rotatable bonds is 4. The summed E-state index contributed by atoms with van der Waals surface area (Å²) in [5.41, 5.74) is 0.255. The first-order chi connectivity index (χ1) is 13.1. The Bertz CT molecular complexity index is 1050. The van der Waals surface area contributed by atoms with E-state index in [0.717, 1.165) is 16.2 Å². The summed E-state index contributed by atoms with van der Waals surface area (Å²) in [6.07, 6.45) is 1.50. The molecule has 1 aliphatic heterocycles. The van der Waals surface area contributed by atoms with Crippen molar-refractivity contribution in [2.45, 2.75) is 6.04 Å². The Labute approximate surface area is 158 Å². The molecule has 1 amide bonds. The molecular weight excluding hydrogens is 367 g/mol. The molecule has 0 saturated carbocycles. The van der Waals surface area contributed by atoms with Gasteiger partial charge in [0, 0.05) is 22.7 Å². The van der Waals surface area contributed by atoms with Crippen molar-refractivity contribution < 1.29 is 19.1 Å². The number of halogens is 1. The van der Waals surface area contributed by atoms with Gasteiger partial charge in [-0.2, -0.15) is 0 Å². The van der Waals surface area contributed by atoms with Crippen LogP contribution in [0, 0.1) is 5.82 Å². The summed E-state index contributed by atoms with van der Waals surface area (Å²) in [5, 5.41) is 12.4. The molecule has 4 rings (SSSR count). The van der Waals surface area contributed by atoms with Crippen LogP contribution in [0.25, 0.3) is 0 Å². The monoisotopic (exact) mass is 380 g/mol. The maximum atomic E-state index is 14.6. The predicted molar refractivity (Wildman–Crippen MR) is 99.2 cm³/mol. The summed E-state index contributed by atoms with van der Waals surface area (Å²) in [6.45, 7) is 0. The minimum absolute atomic E-state index is 0.115. The van der Waals surface area contributed by atoms with Crippen molar-refractivity contribution in [3.8, 4) is 0 Å². The Morgan fingerprint density at radius 3 is 2.48 bits per heavy atom. The van der Waals surface area contributed by atoms with Gasteiger partial charge in [0.2, 0.25) is 0 Å². The molecule has 134 valence electrons. The van der Waals surface area contributed by atoms with Gasteiger partial charge in [0.15, 0.2) is 16.7 Å². The highest BCUT2D eigenvalue weighted by molar-refractivity contribution is 7.13. The van der Waals surface area contributed by atoms with Gasteiger partial charge in [0.05, 0.1) is 5.57 Å². The molecule has 2 heterocycles. The van der Waals surface area contributed by atoms with Gasteiger partial charge in [0.25, 0.3) is 5.91 Å². The van der Waals surface area contributed by atoms with Gasteiger partial charge in [-0.1, -0.05) is 48.5 Å². The number of anilines is 1. The maximum Gasteiger partial charge on any atom is 0.296 e. The van der Waals surface area contributed by atoms with Crippen molar-refractivity contribution in [2.24, 2.45) is 0 Å². The Morgan fingerprint density at radius 2 is 1.81 bits per heavy atom. The molecule has 0 fully saturated rings. The highest BCUT2D eigenvalue weighted by Gasteiger charge is 2.46. The van der Waals surface area contributed by atoms with E-state index in [1.165, 1.54) is 24.4 Å². The number of ketones is 1. The lowest BCUT2D eigenvalue weighted by Crippen LogP contribution is -2.31. The lowest BCUT2D eigenvalue weighted by molar-refractivity contribution is -0.117. The van der Waals surface area contributed by atoms with E-state index in [0.29, 0.717) is 5.56 Å². The van der Waals surface area contributed by atoms with E-state index >= 15 is 0 Å². The number of hydrogen-bond acceptors (Lipinski definition) is 5. The van der Waals surface area contributed by atoms with Crippen LogP contribution in [0.5, 0.6) is 0 Å². The van der Waals surface area contributed by atoms with Crippen molar-refractivity contribution in [3.05, 3.63) is 94.5 Å². The zero-order valence-corrected chi connectivity index (χ0v) is 14.7. The minimum atomic E-state index is -1.10. The second kappa shape index (κ2) is 6.77. The van der Waals surface area contributed by atoms with Crippen molar-refractivity contribution in [3.63, 3.8) is 0 Å². The number of amides is 1. The molecule has 1 N–H and O–H groups in total. The number of aliphatic hydroxyl groups is 1. The van der Waals surface area contributed by atoms with Crippen molar-refractivity contribution in [2.75, 3.05) is 4.90 Å². The van der Waals surface area contributed by atoms with Crippen LogP contribution in [0.4, 0.5) is 9.52 Å². The fourth-order valence-corrected chi connectivity index (χ4v) is 3.77. The normalized spacial score (nSPS) is 16.9. The van der Waals surface area contributed by atoms with Gasteiger partial charge in [-0.05, 0) is 6.07 Å². The average Bonchev–Trinajstić information content (AvgIpc) is 3.30. The topological polar surface area (TPSA) is 70.5 Å². The number of aliphatic hydroxyl groups excluding tert-OH is 1. The lowest BCUT2D eigenvalue weighted by Gasteiger charge is -2.24. The number of benzene rings is 2. The van der Waals surface area contributed by atoms with Crippen LogP contribution in [0.15, 0.2) is 77.5 Å². The number of carbonyl (C=O) groups excluding carboxylic acids is 2. The Morgan fingerprint density at radius 1 is 1.11 bits per heavy atom. The van der Waals surface area contributed by atoms with Crippen LogP contribution in [0.2, 0.25) is 0 Å². The largest absolute Gasteiger partial charge is 0.503 e. The summed E-state index contributed by atoms with van der Waals surface area (Å²) in [5.74, 6) is -2.58. The summed E-state index contributed by atoms with van der Waals surface area (Å²) in [4.78, 5) is 31.1. The quantitative estimate of drug-likeness (QED) is 0.693. The number of nitrogens with zero attached hydrogens (tertiary/aromatic N) is 2. The third-order valence-corrected chi connectivity index (χ3v) is 5.08. The molecule has 0 aliphatic carbocycles. The van der Waals surface area contributed by atoms with Gasteiger partial charge in [-0.25, -0.2) is 9.37 Å². The maximum absolute atomic E-state index is 14.6. The summed E-state index contributed by atoms with van der Waals surface area (Å²) < 4.78 is 14.6. The Balaban J connectivity index is 1.91. The molecule has 1 aromatic heterocycles. The van der Waals surface area contributed by atoms with Gasteiger partial charge in [-0.3, -0.25) is 14.5 Å². The molecule has 0 saturated heterocycles. The third-order valence-electron chi connectivity index (χ3n) is 4.31. The lowest BCUT2D eigenvalue weighted by atomic mass is 9.92. The van der Waals surface area contributed by atoms with Crippen LogP contribution < -0.4 is 4.90 Å². The van der Waals surface area contributed by atoms with Crippen LogP contribution in [-0.4, -0.2) is 21.8 Å². The van der Waals surface area contributed by atoms with E-state index in [2.05, 4.69) is 4.98 Å². The van der Waals surface area contributed by atoms with Gasteiger partial charge >= 0.3 is 0 Å². The van der Waals surface area contributed by atoms with Crippen molar-refractivity contribution in [1.82, 2.24) is 4.98 Å². The zero-order chi connectivity index (χ0) is 19.0. The molecule has 0 radical (unpaired) electrons.